The van der Waals surface area contributed by atoms with Gasteiger partial charge in [-0.1, -0.05) is 12.1 Å². The number of fused-ring (bicyclic) bond motifs is 7. The summed E-state index contributed by atoms with van der Waals surface area (Å²) in [6.07, 6.45) is 1.54. The summed E-state index contributed by atoms with van der Waals surface area (Å²) in [5.41, 5.74) is 4.29. The van der Waals surface area contributed by atoms with Gasteiger partial charge in [0.25, 0.3) is 0 Å². The lowest BCUT2D eigenvalue weighted by Gasteiger charge is -2.17. The second-order valence-corrected chi connectivity index (χ2v) is 10.6. The third-order valence-corrected chi connectivity index (χ3v) is 7.64. The highest BCUT2D eigenvalue weighted by Crippen LogP contribution is 2.33. The maximum Gasteiger partial charge on any atom is 0.337 e. The minimum absolute atomic E-state index is 0.157. The summed E-state index contributed by atoms with van der Waals surface area (Å²) in [5.74, 6) is 1.03. The van der Waals surface area contributed by atoms with Crippen LogP contribution < -0.4 is 14.2 Å². The number of carbonyl (C=O) groups excluding carboxylic acids is 1. The van der Waals surface area contributed by atoms with Gasteiger partial charge in [0, 0.05) is 49.4 Å². The molecule has 3 aromatic carbocycles. The van der Waals surface area contributed by atoms with Gasteiger partial charge < -0.3 is 28.3 Å². The molecule has 46 heavy (non-hydrogen) atoms. The smallest absolute Gasteiger partial charge is 0.337 e. The summed E-state index contributed by atoms with van der Waals surface area (Å²) in [6.45, 7) is 2.50. The molecule has 0 radical (unpaired) electrons. The molecule has 0 spiro atoms. The zero-order valence-electron chi connectivity index (χ0n) is 25.4. The average molecular weight is 623 g/mol. The van der Waals surface area contributed by atoms with Crippen molar-refractivity contribution >= 4 is 17.0 Å². The molecule has 1 saturated heterocycles. The number of aromatic nitrogens is 3. The van der Waals surface area contributed by atoms with E-state index >= 15 is 4.39 Å². The topological polar surface area (TPSA) is 118 Å². The first kappa shape index (κ1) is 30.6. The number of imidazole rings is 1. The predicted octanol–water partition coefficient (Wildman–Crippen LogP) is 5.78. The Balaban J connectivity index is 0.000000863. The van der Waals surface area contributed by atoms with Gasteiger partial charge in [-0.15, -0.1) is 0 Å². The van der Waals surface area contributed by atoms with Gasteiger partial charge >= 0.3 is 5.97 Å². The molecule has 0 amide bonds. The lowest BCUT2D eigenvalue weighted by molar-refractivity contribution is 0.0367. The van der Waals surface area contributed by atoms with Crippen LogP contribution in [0, 0.1) is 17.1 Å². The fourth-order valence-corrected chi connectivity index (χ4v) is 5.00. The number of nitriles is 1. The van der Waals surface area contributed by atoms with Crippen LogP contribution in [-0.2, 0) is 29.5 Å². The van der Waals surface area contributed by atoms with Crippen molar-refractivity contribution in [3.63, 3.8) is 0 Å². The Kier molecular flexibility index (Phi) is 9.08. The molecule has 0 unspecified atom stereocenters. The number of methoxy groups -OCH3 is 1. The van der Waals surface area contributed by atoms with Crippen LogP contribution >= 0.6 is 0 Å². The molecule has 10 nitrogen and oxygen atoms in total. The van der Waals surface area contributed by atoms with Gasteiger partial charge in [-0.2, -0.15) is 5.26 Å². The van der Waals surface area contributed by atoms with Crippen LogP contribution in [0.25, 0.3) is 22.3 Å². The summed E-state index contributed by atoms with van der Waals surface area (Å²) in [7, 11) is 3.17. The van der Waals surface area contributed by atoms with Gasteiger partial charge in [0.2, 0.25) is 5.88 Å². The number of rotatable bonds is 3. The summed E-state index contributed by atoms with van der Waals surface area (Å²) in [5, 5.41) is 9.35. The maximum atomic E-state index is 15.6. The molecule has 234 valence electrons. The highest BCUT2D eigenvalue weighted by Gasteiger charge is 2.19. The molecular weight excluding hydrogens is 591 g/mol. The van der Waals surface area contributed by atoms with Crippen molar-refractivity contribution in [3.05, 3.63) is 101 Å². The molecular formula is C35H31FN4O6. The summed E-state index contributed by atoms with van der Waals surface area (Å²) >= 11 is 0. The first-order valence-corrected chi connectivity index (χ1v) is 14.8. The number of halogens is 1. The predicted molar refractivity (Wildman–Crippen MR) is 166 cm³/mol. The number of hydrogen-bond acceptors (Lipinski definition) is 9. The lowest BCUT2D eigenvalue weighted by Crippen LogP contribution is -2.13. The van der Waals surface area contributed by atoms with Gasteiger partial charge in [0.1, 0.15) is 43.0 Å². The summed E-state index contributed by atoms with van der Waals surface area (Å²) in [4.78, 5) is 21.3. The average Bonchev–Trinajstić information content (AvgIpc) is 3.35. The third-order valence-electron chi connectivity index (χ3n) is 7.64. The van der Waals surface area contributed by atoms with E-state index in [4.69, 9.17) is 28.7 Å². The minimum atomic E-state index is -0.466. The van der Waals surface area contributed by atoms with Crippen LogP contribution in [0.2, 0.25) is 0 Å². The van der Waals surface area contributed by atoms with E-state index in [2.05, 4.69) is 11.1 Å². The summed E-state index contributed by atoms with van der Waals surface area (Å²) in [6, 6.07) is 20.6. The van der Waals surface area contributed by atoms with E-state index in [9.17, 15) is 10.1 Å². The molecule has 2 aromatic heterocycles. The molecule has 4 heterocycles. The van der Waals surface area contributed by atoms with E-state index in [-0.39, 0.29) is 31.8 Å². The molecule has 0 aliphatic carbocycles. The van der Waals surface area contributed by atoms with E-state index < -0.39 is 11.8 Å². The molecule has 0 saturated carbocycles. The normalized spacial score (nSPS) is 13.6. The Labute approximate surface area is 264 Å². The Hall–Kier alpha value is -5.47. The van der Waals surface area contributed by atoms with Crippen LogP contribution in [0.1, 0.15) is 39.3 Å². The fourth-order valence-electron chi connectivity index (χ4n) is 5.00. The number of pyridine rings is 1. The van der Waals surface area contributed by atoms with Crippen LogP contribution in [0.15, 0.2) is 66.7 Å². The van der Waals surface area contributed by atoms with E-state index in [1.807, 2.05) is 11.6 Å². The number of hydrogen-bond donors (Lipinski definition) is 0. The highest BCUT2D eigenvalue weighted by molar-refractivity contribution is 5.93. The molecule has 2 aliphatic rings. The molecule has 2 aliphatic heterocycles. The van der Waals surface area contributed by atoms with Crippen LogP contribution in [-0.4, -0.2) is 54.0 Å². The second kappa shape index (κ2) is 13.7. The largest absolute Gasteiger partial charge is 0.490 e. The van der Waals surface area contributed by atoms with Crippen molar-refractivity contribution in [1.82, 2.24) is 14.5 Å². The van der Waals surface area contributed by atoms with Crippen molar-refractivity contribution < 1.29 is 32.9 Å². The van der Waals surface area contributed by atoms with Crippen molar-refractivity contribution in [2.45, 2.75) is 19.4 Å². The van der Waals surface area contributed by atoms with Crippen LogP contribution in [0.3, 0.4) is 0 Å². The number of benzene rings is 3. The lowest BCUT2D eigenvalue weighted by atomic mass is 10.0. The first-order valence-electron chi connectivity index (χ1n) is 14.8. The van der Waals surface area contributed by atoms with Crippen molar-refractivity contribution in [3.8, 4) is 34.7 Å². The second-order valence-electron chi connectivity index (χ2n) is 10.6. The minimum Gasteiger partial charge on any atom is -0.490 e. The highest BCUT2D eigenvalue weighted by atomic mass is 19.1. The zero-order valence-corrected chi connectivity index (χ0v) is 25.4. The number of ether oxygens (including phenoxy) is 5. The zero-order chi connectivity index (χ0) is 32.0. The number of carbonyl (C=O) groups is 1. The monoisotopic (exact) mass is 622 g/mol. The Morgan fingerprint density at radius 3 is 2.50 bits per heavy atom. The van der Waals surface area contributed by atoms with Gasteiger partial charge in [-0.05, 0) is 55.0 Å². The maximum absolute atomic E-state index is 15.6. The molecule has 1 fully saturated rings. The quantitative estimate of drug-likeness (QED) is 0.231. The van der Waals surface area contributed by atoms with Crippen LogP contribution in [0.4, 0.5) is 4.39 Å². The standard InChI is InChI=1S/C32H25FN4O5.C3H6O/c1-37-27-14-20(32(38)39-2)8-9-26(27)35-30(37)15-22-13-24(33)23-16-29(22)41-11-10-40-28-12-19(17-34)6-7-21(28)18-42-31-5-3-4-25(23)36-31;1-2-4-3-1/h3-9,12-14,16H,10-11,15,18H2,1-2H3;1-3H2. The van der Waals surface area contributed by atoms with Gasteiger partial charge in [-0.3, -0.25) is 0 Å². The summed E-state index contributed by atoms with van der Waals surface area (Å²) < 4.78 is 45.1. The van der Waals surface area contributed by atoms with Crippen LogP contribution in [0.5, 0.6) is 17.4 Å². The molecule has 11 heteroatoms. The number of esters is 1. The molecule has 0 N–H and O–H groups in total. The van der Waals surface area contributed by atoms with Gasteiger partial charge in [0.05, 0.1) is 41.0 Å². The van der Waals surface area contributed by atoms with Crippen molar-refractivity contribution in [2.24, 2.45) is 7.05 Å². The third kappa shape index (κ3) is 6.62. The van der Waals surface area contributed by atoms with Gasteiger partial charge in [-0.25, -0.2) is 19.2 Å². The van der Waals surface area contributed by atoms with E-state index in [0.717, 1.165) is 24.3 Å². The first-order chi connectivity index (χ1) is 22.4. The number of aryl methyl sites for hydroxylation is 1. The SMILES string of the molecule is C1COC1.COC(=O)c1ccc2nc(Cc3cc(F)c4cc3OCCOc3cc(C#N)ccc3COc3cccc-4n3)n(C)c2c1. The Morgan fingerprint density at radius 1 is 0.978 bits per heavy atom. The van der Waals surface area contributed by atoms with E-state index in [1.165, 1.54) is 19.6 Å². The number of nitrogens with zero attached hydrogens (tertiary/aromatic N) is 4. The van der Waals surface area contributed by atoms with Gasteiger partial charge in [0.15, 0.2) is 0 Å². The molecule has 0 atom stereocenters. The molecule has 4 bridgehead atoms. The van der Waals surface area contributed by atoms with Crippen molar-refractivity contribution in [2.75, 3.05) is 33.5 Å². The molecule has 7 rings (SSSR count). The molecule has 5 aromatic rings. The fraction of sp³-hybridized carbons (Fsp3) is 0.257. The van der Waals surface area contributed by atoms with Crippen molar-refractivity contribution in [1.29, 1.82) is 5.26 Å². The Morgan fingerprint density at radius 2 is 1.76 bits per heavy atom. The van der Waals surface area contributed by atoms with E-state index in [0.29, 0.717) is 51.1 Å². The van der Waals surface area contributed by atoms with E-state index in [1.54, 1.807) is 60.7 Å². The Bertz CT molecular complexity index is 1940.